The second kappa shape index (κ2) is 6.24. The number of likely N-dealkylation sites (tertiary alicyclic amines) is 1. The number of carbonyl (C=O) groups is 1. The zero-order valence-electron chi connectivity index (χ0n) is 10.2. The summed E-state index contributed by atoms with van der Waals surface area (Å²) in [6, 6.07) is 0.681. The van der Waals surface area contributed by atoms with Gasteiger partial charge in [-0.1, -0.05) is 19.3 Å². The van der Waals surface area contributed by atoms with E-state index in [0.717, 1.165) is 19.6 Å². The van der Waals surface area contributed by atoms with Gasteiger partial charge >= 0.3 is 0 Å². The van der Waals surface area contributed by atoms with Gasteiger partial charge in [-0.15, -0.1) is 0 Å². The maximum atomic E-state index is 11.8. The van der Waals surface area contributed by atoms with E-state index in [9.17, 15) is 4.79 Å². The van der Waals surface area contributed by atoms with Crippen molar-refractivity contribution in [3.63, 3.8) is 0 Å². The number of hydrogen-bond acceptors (Lipinski definition) is 2. The van der Waals surface area contributed by atoms with Crippen LogP contribution < -0.4 is 5.32 Å². The molecule has 16 heavy (non-hydrogen) atoms. The van der Waals surface area contributed by atoms with Crippen LogP contribution in [0, 0.1) is 0 Å². The Bertz CT molecular complexity index is 218. The van der Waals surface area contributed by atoms with Gasteiger partial charge in [-0.3, -0.25) is 4.79 Å². The predicted octanol–water partition coefficient (Wildman–Crippen LogP) is 1.92. The summed E-state index contributed by atoms with van der Waals surface area (Å²) in [7, 11) is 0. The summed E-state index contributed by atoms with van der Waals surface area (Å²) < 4.78 is 0. The van der Waals surface area contributed by atoms with Gasteiger partial charge in [-0.05, 0) is 25.7 Å². The maximum Gasteiger partial charge on any atom is 0.223 e. The van der Waals surface area contributed by atoms with Gasteiger partial charge in [0.2, 0.25) is 5.91 Å². The molecule has 1 amide bonds. The predicted molar refractivity (Wildman–Crippen MR) is 65.3 cm³/mol. The van der Waals surface area contributed by atoms with Crippen LogP contribution >= 0.6 is 0 Å². The second-order valence-electron chi connectivity index (χ2n) is 5.13. The fourth-order valence-electron chi connectivity index (χ4n) is 2.81. The van der Waals surface area contributed by atoms with Crippen LogP contribution in [0.3, 0.4) is 0 Å². The third-order valence-electron chi connectivity index (χ3n) is 3.84. The smallest absolute Gasteiger partial charge is 0.223 e. The largest absolute Gasteiger partial charge is 0.343 e. The Hall–Kier alpha value is -0.570. The molecular weight excluding hydrogens is 200 g/mol. The van der Waals surface area contributed by atoms with Crippen molar-refractivity contribution in [1.82, 2.24) is 10.2 Å². The normalized spacial score (nSPS) is 22.6. The molecule has 0 radical (unpaired) electrons. The first-order valence-electron chi connectivity index (χ1n) is 6.87. The van der Waals surface area contributed by atoms with E-state index in [2.05, 4.69) is 5.32 Å². The maximum absolute atomic E-state index is 11.8. The van der Waals surface area contributed by atoms with Crippen LogP contribution in [0.5, 0.6) is 0 Å². The number of nitrogens with zero attached hydrogens (tertiary/aromatic N) is 1. The molecule has 2 aliphatic rings. The molecule has 1 aliphatic heterocycles. The van der Waals surface area contributed by atoms with Gasteiger partial charge in [-0.2, -0.15) is 0 Å². The van der Waals surface area contributed by atoms with E-state index in [1.54, 1.807) is 0 Å². The molecule has 1 heterocycles. The zero-order valence-corrected chi connectivity index (χ0v) is 10.2. The van der Waals surface area contributed by atoms with Gasteiger partial charge in [0.05, 0.1) is 0 Å². The summed E-state index contributed by atoms with van der Waals surface area (Å²) in [5, 5.41) is 3.53. The van der Waals surface area contributed by atoms with E-state index in [4.69, 9.17) is 0 Å². The molecule has 0 unspecified atom stereocenters. The molecule has 0 aromatic rings. The van der Waals surface area contributed by atoms with Crippen LogP contribution in [0.4, 0.5) is 0 Å². The molecule has 0 aromatic carbocycles. The fourth-order valence-corrected chi connectivity index (χ4v) is 2.81. The lowest BCUT2D eigenvalue weighted by Crippen LogP contribution is -2.35. The van der Waals surface area contributed by atoms with E-state index >= 15 is 0 Å². The highest BCUT2D eigenvalue weighted by molar-refractivity contribution is 5.76. The lowest BCUT2D eigenvalue weighted by Gasteiger charge is -2.23. The van der Waals surface area contributed by atoms with Gasteiger partial charge in [-0.25, -0.2) is 0 Å². The third-order valence-corrected chi connectivity index (χ3v) is 3.84. The van der Waals surface area contributed by atoms with Crippen LogP contribution in [0.1, 0.15) is 51.4 Å². The first-order chi connectivity index (χ1) is 7.86. The number of rotatable bonds is 4. The SMILES string of the molecule is O=C(CCNC1CCCCC1)N1CCCC1. The Balaban J connectivity index is 1.57. The minimum atomic E-state index is 0.348. The monoisotopic (exact) mass is 224 g/mol. The number of amides is 1. The van der Waals surface area contributed by atoms with E-state index < -0.39 is 0 Å². The summed E-state index contributed by atoms with van der Waals surface area (Å²) >= 11 is 0. The Morgan fingerprint density at radius 3 is 2.44 bits per heavy atom. The molecule has 1 aliphatic carbocycles. The van der Waals surface area contributed by atoms with Crippen LogP contribution in [-0.2, 0) is 4.79 Å². The first-order valence-corrected chi connectivity index (χ1v) is 6.87. The lowest BCUT2D eigenvalue weighted by atomic mass is 9.95. The van der Waals surface area contributed by atoms with Crippen molar-refractivity contribution in [3.05, 3.63) is 0 Å². The molecule has 0 aromatic heterocycles. The number of nitrogens with one attached hydrogen (secondary N) is 1. The van der Waals surface area contributed by atoms with Crippen LogP contribution in [0.15, 0.2) is 0 Å². The van der Waals surface area contributed by atoms with Crippen molar-refractivity contribution < 1.29 is 4.79 Å². The van der Waals surface area contributed by atoms with E-state index in [0.29, 0.717) is 18.4 Å². The molecule has 1 saturated heterocycles. The summed E-state index contributed by atoms with van der Waals surface area (Å²) in [4.78, 5) is 13.8. The molecule has 2 rings (SSSR count). The van der Waals surface area contributed by atoms with Crippen molar-refractivity contribution in [2.45, 2.75) is 57.4 Å². The Morgan fingerprint density at radius 2 is 1.75 bits per heavy atom. The molecule has 0 bridgehead atoms. The summed E-state index contributed by atoms with van der Waals surface area (Å²) in [5.74, 6) is 0.348. The standard InChI is InChI=1S/C13H24N2O/c16-13(15-10-4-5-11-15)8-9-14-12-6-2-1-3-7-12/h12,14H,1-11H2. The van der Waals surface area contributed by atoms with Crippen LogP contribution in [0.2, 0.25) is 0 Å². The Kier molecular flexibility index (Phi) is 4.64. The average Bonchev–Trinajstić information content (AvgIpc) is 2.84. The first kappa shape index (κ1) is 11.9. The molecular formula is C13H24N2O. The van der Waals surface area contributed by atoms with Gasteiger partial charge in [0.1, 0.15) is 0 Å². The van der Waals surface area contributed by atoms with Crippen molar-refractivity contribution in [1.29, 1.82) is 0 Å². The summed E-state index contributed by atoms with van der Waals surface area (Å²) in [5.41, 5.74) is 0. The van der Waals surface area contributed by atoms with Gasteiger partial charge in [0, 0.05) is 32.1 Å². The molecule has 1 saturated carbocycles. The molecule has 0 spiro atoms. The summed E-state index contributed by atoms with van der Waals surface area (Å²) in [6.45, 7) is 2.85. The highest BCUT2D eigenvalue weighted by Crippen LogP contribution is 2.17. The van der Waals surface area contributed by atoms with Crippen molar-refractivity contribution >= 4 is 5.91 Å². The van der Waals surface area contributed by atoms with Gasteiger partial charge < -0.3 is 10.2 Å². The van der Waals surface area contributed by atoms with Crippen molar-refractivity contribution in [2.24, 2.45) is 0 Å². The Morgan fingerprint density at radius 1 is 1.06 bits per heavy atom. The van der Waals surface area contributed by atoms with Gasteiger partial charge in [0.15, 0.2) is 0 Å². The van der Waals surface area contributed by atoms with Crippen molar-refractivity contribution in [3.8, 4) is 0 Å². The lowest BCUT2D eigenvalue weighted by molar-refractivity contribution is -0.130. The zero-order chi connectivity index (χ0) is 11.2. The molecule has 92 valence electrons. The van der Waals surface area contributed by atoms with E-state index in [-0.39, 0.29) is 0 Å². The number of carbonyl (C=O) groups excluding carboxylic acids is 1. The highest BCUT2D eigenvalue weighted by atomic mass is 16.2. The molecule has 1 N–H and O–H groups in total. The van der Waals surface area contributed by atoms with Crippen LogP contribution in [-0.4, -0.2) is 36.5 Å². The minimum Gasteiger partial charge on any atom is -0.343 e. The topological polar surface area (TPSA) is 32.3 Å². The van der Waals surface area contributed by atoms with E-state index in [1.165, 1.54) is 44.9 Å². The fraction of sp³-hybridized carbons (Fsp3) is 0.923. The van der Waals surface area contributed by atoms with Gasteiger partial charge in [0.25, 0.3) is 0 Å². The van der Waals surface area contributed by atoms with Crippen molar-refractivity contribution in [2.75, 3.05) is 19.6 Å². The third kappa shape index (κ3) is 3.48. The van der Waals surface area contributed by atoms with E-state index in [1.807, 2.05) is 4.90 Å². The second-order valence-corrected chi connectivity index (χ2v) is 5.13. The molecule has 3 heteroatoms. The Labute approximate surface area is 98.6 Å². The molecule has 3 nitrogen and oxygen atoms in total. The molecule has 0 atom stereocenters. The quantitative estimate of drug-likeness (QED) is 0.791. The minimum absolute atomic E-state index is 0.348. The number of hydrogen-bond donors (Lipinski definition) is 1. The average molecular weight is 224 g/mol. The highest BCUT2D eigenvalue weighted by Gasteiger charge is 2.18. The summed E-state index contributed by atoms with van der Waals surface area (Å²) in [6.07, 6.45) is 9.80. The van der Waals surface area contributed by atoms with Crippen LogP contribution in [0.25, 0.3) is 0 Å². The molecule has 2 fully saturated rings.